The molecular weight excluding hydrogens is 252 g/mol. The fourth-order valence-electron chi connectivity index (χ4n) is 1.92. The van der Waals surface area contributed by atoms with E-state index in [9.17, 15) is 4.79 Å². The van der Waals surface area contributed by atoms with Crippen LogP contribution in [0.4, 0.5) is 0 Å². The largest absolute Gasteiger partial charge is 0.497 e. The zero-order valence-corrected chi connectivity index (χ0v) is 12.6. The number of rotatable bonds is 9. The summed E-state index contributed by atoms with van der Waals surface area (Å²) in [6.07, 6.45) is 8.56. The number of ketones is 1. The summed E-state index contributed by atoms with van der Waals surface area (Å²) in [7, 11) is 3.22. The summed E-state index contributed by atoms with van der Waals surface area (Å²) < 4.78 is 10.4. The maximum Gasteiger partial charge on any atom is 0.155 e. The summed E-state index contributed by atoms with van der Waals surface area (Å²) in [6, 6.07) is 5.57. The second-order valence-electron chi connectivity index (χ2n) is 4.76. The summed E-state index contributed by atoms with van der Waals surface area (Å²) in [5.41, 5.74) is 0.906. The highest BCUT2D eigenvalue weighted by Crippen LogP contribution is 2.23. The van der Waals surface area contributed by atoms with Crippen LogP contribution in [0.3, 0.4) is 0 Å². The number of benzene rings is 1. The average Bonchev–Trinajstić information content (AvgIpc) is 2.49. The molecule has 3 heteroatoms. The number of carbonyl (C=O) groups is 1. The van der Waals surface area contributed by atoms with Crippen molar-refractivity contribution in [3.63, 3.8) is 0 Å². The number of methoxy groups -OCH3 is 2. The quantitative estimate of drug-likeness (QED) is 0.499. The van der Waals surface area contributed by atoms with Crippen molar-refractivity contribution in [1.29, 1.82) is 0 Å². The molecule has 20 heavy (non-hydrogen) atoms. The molecule has 0 aliphatic rings. The molecule has 0 aromatic heterocycles. The van der Waals surface area contributed by atoms with Crippen LogP contribution in [0.25, 0.3) is 6.08 Å². The second kappa shape index (κ2) is 9.18. The van der Waals surface area contributed by atoms with E-state index in [0.29, 0.717) is 6.42 Å². The molecule has 0 saturated heterocycles. The molecule has 1 aromatic rings. The van der Waals surface area contributed by atoms with Gasteiger partial charge in [0.05, 0.1) is 14.2 Å². The Labute approximate surface area is 121 Å². The van der Waals surface area contributed by atoms with Gasteiger partial charge in [-0.1, -0.05) is 32.3 Å². The van der Waals surface area contributed by atoms with Gasteiger partial charge in [0.2, 0.25) is 0 Å². The van der Waals surface area contributed by atoms with Gasteiger partial charge >= 0.3 is 0 Å². The number of hydrogen-bond donors (Lipinski definition) is 0. The van der Waals surface area contributed by atoms with Gasteiger partial charge < -0.3 is 9.47 Å². The maximum absolute atomic E-state index is 11.7. The lowest BCUT2D eigenvalue weighted by Gasteiger charge is -2.05. The molecule has 1 rings (SSSR count). The lowest BCUT2D eigenvalue weighted by atomic mass is 10.1. The van der Waals surface area contributed by atoms with Crippen LogP contribution in [-0.2, 0) is 4.79 Å². The molecule has 0 amide bonds. The zero-order chi connectivity index (χ0) is 14.8. The van der Waals surface area contributed by atoms with Gasteiger partial charge in [0.1, 0.15) is 11.5 Å². The number of ether oxygens (including phenoxy) is 2. The van der Waals surface area contributed by atoms with Gasteiger partial charge in [0.25, 0.3) is 0 Å². The first-order valence-corrected chi connectivity index (χ1v) is 7.13. The standard InChI is InChI=1S/C17H24O3/c1-4-5-6-7-8-15(18)10-9-14-11-16(19-2)13-17(12-14)20-3/h9-13H,4-8H2,1-3H3. The first-order valence-electron chi connectivity index (χ1n) is 7.13. The normalized spacial score (nSPS) is 10.8. The second-order valence-corrected chi connectivity index (χ2v) is 4.76. The van der Waals surface area contributed by atoms with Gasteiger partial charge in [-0.15, -0.1) is 0 Å². The van der Waals surface area contributed by atoms with Crippen molar-refractivity contribution in [2.45, 2.75) is 39.0 Å². The zero-order valence-electron chi connectivity index (χ0n) is 12.6. The molecule has 0 atom stereocenters. The van der Waals surface area contributed by atoms with E-state index < -0.39 is 0 Å². The highest BCUT2D eigenvalue weighted by Gasteiger charge is 2.01. The lowest BCUT2D eigenvalue weighted by Crippen LogP contribution is -1.92. The minimum atomic E-state index is 0.169. The van der Waals surface area contributed by atoms with E-state index in [1.807, 2.05) is 24.3 Å². The topological polar surface area (TPSA) is 35.5 Å². The van der Waals surface area contributed by atoms with Gasteiger partial charge in [-0.25, -0.2) is 0 Å². The van der Waals surface area contributed by atoms with Crippen LogP contribution >= 0.6 is 0 Å². The van der Waals surface area contributed by atoms with E-state index in [2.05, 4.69) is 6.92 Å². The Kier molecular flexibility index (Phi) is 7.48. The predicted octanol–water partition coefficient (Wildman–Crippen LogP) is 4.26. The third-order valence-electron chi connectivity index (χ3n) is 3.11. The molecule has 0 radical (unpaired) electrons. The Morgan fingerprint density at radius 2 is 1.70 bits per heavy atom. The predicted molar refractivity (Wildman–Crippen MR) is 82.3 cm³/mol. The SMILES string of the molecule is CCCCCCC(=O)C=Cc1cc(OC)cc(OC)c1. The number of carbonyl (C=O) groups excluding carboxylic acids is 1. The minimum absolute atomic E-state index is 0.169. The summed E-state index contributed by atoms with van der Waals surface area (Å²) >= 11 is 0. The molecule has 0 saturated carbocycles. The summed E-state index contributed by atoms with van der Waals surface area (Å²) in [6.45, 7) is 2.16. The molecule has 0 aliphatic heterocycles. The first-order chi connectivity index (χ1) is 9.69. The first kappa shape index (κ1) is 16.3. The number of unbranched alkanes of at least 4 members (excludes halogenated alkanes) is 3. The third-order valence-corrected chi connectivity index (χ3v) is 3.11. The van der Waals surface area contributed by atoms with Crippen LogP contribution in [0, 0.1) is 0 Å². The van der Waals surface area contributed by atoms with E-state index in [0.717, 1.165) is 29.9 Å². The fourth-order valence-corrected chi connectivity index (χ4v) is 1.92. The van der Waals surface area contributed by atoms with E-state index >= 15 is 0 Å². The van der Waals surface area contributed by atoms with E-state index in [4.69, 9.17) is 9.47 Å². The van der Waals surface area contributed by atoms with E-state index in [-0.39, 0.29) is 5.78 Å². The van der Waals surface area contributed by atoms with Crippen molar-refractivity contribution < 1.29 is 14.3 Å². The Hall–Kier alpha value is -1.77. The highest BCUT2D eigenvalue weighted by atomic mass is 16.5. The number of hydrogen-bond acceptors (Lipinski definition) is 3. The van der Waals surface area contributed by atoms with Crippen LogP contribution in [0.15, 0.2) is 24.3 Å². The molecule has 3 nitrogen and oxygen atoms in total. The summed E-state index contributed by atoms with van der Waals surface area (Å²) in [5, 5.41) is 0. The van der Waals surface area contributed by atoms with Crippen LogP contribution in [0.5, 0.6) is 11.5 Å². The average molecular weight is 276 g/mol. The Bertz CT molecular complexity index is 427. The van der Waals surface area contributed by atoms with Crippen molar-refractivity contribution in [2.24, 2.45) is 0 Å². The Balaban J connectivity index is 2.58. The van der Waals surface area contributed by atoms with Crippen molar-refractivity contribution in [3.05, 3.63) is 29.8 Å². The van der Waals surface area contributed by atoms with Crippen molar-refractivity contribution in [3.8, 4) is 11.5 Å². The summed E-state index contributed by atoms with van der Waals surface area (Å²) in [4.78, 5) is 11.7. The third kappa shape index (κ3) is 5.91. The van der Waals surface area contributed by atoms with Crippen LogP contribution in [0.2, 0.25) is 0 Å². The summed E-state index contributed by atoms with van der Waals surface area (Å²) in [5.74, 6) is 1.61. The van der Waals surface area contributed by atoms with Crippen molar-refractivity contribution >= 4 is 11.9 Å². The molecule has 0 unspecified atom stereocenters. The Morgan fingerprint density at radius 3 is 2.25 bits per heavy atom. The molecule has 0 fully saturated rings. The molecule has 0 heterocycles. The van der Waals surface area contributed by atoms with Crippen molar-refractivity contribution in [1.82, 2.24) is 0 Å². The molecule has 0 spiro atoms. The van der Waals surface area contributed by atoms with Gasteiger partial charge in [0, 0.05) is 12.5 Å². The van der Waals surface area contributed by atoms with E-state index in [1.54, 1.807) is 20.3 Å². The van der Waals surface area contributed by atoms with Crippen LogP contribution in [-0.4, -0.2) is 20.0 Å². The molecule has 1 aromatic carbocycles. The van der Waals surface area contributed by atoms with Crippen molar-refractivity contribution in [2.75, 3.05) is 14.2 Å². The van der Waals surface area contributed by atoms with E-state index in [1.165, 1.54) is 12.8 Å². The molecule has 110 valence electrons. The lowest BCUT2D eigenvalue weighted by molar-refractivity contribution is -0.114. The smallest absolute Gasteiger partial charge is 0.155 e. The fraction of sp³-hybridized carbons (Fsp3) is 0.471. The van der Waals surface area contributed by atoms with Gasteiger partial charge in [-0.2, -0.15) is 0 Å². The molecule has 0 bridgehead atoms. The van der Waals surface area contributed by atoms with Gasteiger partial charge in [0.15, 0.2) is 5.78 Å². The number of allylic oxidation sites excluding steroid dienone is 1. The minimum Gasteiger partial charge on any atom is -0.497 e. The highest BCUT2D eigenvalue weighted by molar-refractivity contribution is 5.93. The van der Waals surface area contributed by atoms with Crippen LogP contribution < -0.4 is 9.47 Å². The monoisotopic (exact) mass is 276 g/mol. The maximum atomic E-state index is 11.7. The molecule has 0 aliphatic carbocycles. The molecular formula is C17H24O3. The van der Waals surface area contributed by atoms with Crippen LogP contribution in [0.1, 0.15) is 44.6 Å². The molecule has 0 N–H and O–H groups in total. The van der Waals surface area contributed by atoms with Gasteiger partial charge in [-0.3, -0.25) is 4.79 Å². The van der Waals surface area contributed by atoms with Gasteiger partial charge in [-0.05, 0) is 30.2 Å². The Morgan fingerprint density at radius 1 is 1.05 bits per heavy atom.